The lowest BCUT2D eigenvalue weighted by atomic mass is 10.0. The minimum absolute atomic E-state index is 0.00650. The Hall–Kier alpha value is -0.810. The van der Waals surface area contributed by atoms with E-state index in [0.717, 1.165) is 32.5 Å². The molecule has 0 aromatic rings. The highest BCUT2D eigenvalue weighted by Gasteiger charge is 2.18. The average Bonchev–Trinajstić information content (AvgIpc) is 2.45. The molecule has 126 valence electrons. The SMILES string of the molecule is CCN(CC)[C@@H](CNC(=O)N(C)CCCOC)CC(C)C. The lowest BCUT2D eigenvalue weighted by molar-refractivity contribution is 0.166. The molecule has 0 unspecified atom stereocenters. The third kappa shape index (κ3) is 8.94. The normalized spacial score (nSPS) is 12.8. The molecule has 0 bridgehead atoms. The molecular formula is C16H35N3O2. The molecule has 21 heavy (non-hydrogen) atoms. The van der Waals surface area contributed by atoms with Gasteiger partial charge in [-0.15, -0.1) is 0 Å². The number of hydrogen-bond donors (Lipinski definition) is 1. The van der Waals surface area contributed by atoms with Crippen LogP contribution in [0.3, 0.4) is 0 Å². The van der Waals surface area contributed by atoms with Gasteiger partial charge in [0.15, 0.2) is 0 Å². The van der Waals surface area contributed by atoms with Gasteiger partial charge in [-0.25, -0.2) is 4.79 Å². The van der Waals surface area contributed by atoms with E-state index in [1.807, 2.05) is 7.05 Å². The van der Waals surface area contributed by atoms with Crippen molar-refractivity contribution >= 4 is 6.03 Å². The van der Waals surface area contributed by atoms with E-state index in [1.165, 1.54) is 0 Å². The molecule has 0 saturated heterocycles. The zero-order valence-electron chi connectivity index (χ0n) is 14.8. The number of hydrogen-bond acceptors (Lipinski definition) is 3. The van der Waals surface area contributed by atoms with Gasteiger partial charge in [-0.3, -0.25) is 4.90 Å². The van der Waals surface area contributed by atoms with Gasteiger partial charge in [0, 0.05) is 39.9 Å². The minimum atomic E-state index is 0.00650. The van der Waals surface area contributed by atoms with Gasteiger partial charge in [-0.05, 0) is 31.8 Å². The van der Waals surface area contributed by atoms with Gasteiger partial charge < -0.3 is 15.0 Å². The first-order chi connectivity index (χ1) is 9.96. The van der Waals surface area contributed by atoms with E-state index < -0.39 is 0 Å². The molecule has 0 rings (SSSR count). The fraction of sp³-hybridized carbons (Fsp3) is 0.938. The van der Waals surface area contributed by atoms with E-state index in [9.17, 15) is 4.79 Å². The van der Waals surface area contributed by atoms with Gasteiger partial charge in [-0.2, -0.15) is 0 Å². The molecule has 0 radical (unpaired) electrons. The van der Waals surface area contributed by atoms with Crippen LogP contribution >= 0.6 is 0 Å². The minimum Gasteiger partial charge on any atom is -0.385 e. The molecular weight excluding hydrogens is 266 g/mol. The van der Waals surface area contributed by atoms with E-state index in [0.29, 0.717) is 25.1 Å². The standard InChI is InChI=1S/C16H35N3O2/c1-7-19(8-2)15(12-14(3)4)13-17-16(20)18(5)10-9-11-21-6/h14-15H,7-13H2,1-6H3,(H,17,20)/t15-/m1/s1. The van der Waals surface area contributed by atoms with Crippen molar-refractivity contribution in [2.24, 2.45) is 5.92 Å². The number of likely N-dealkylation sites (N-methyl/N-ethyl adjacent to an activating group) is 1. The van der Waals surface area contributed by atoms with Gasteiger partial charge >= 0.3 is 6.03 Å². The molecule has 0 spiro atoms. The van der Waals surface area contributed by atoms with Crippen LogP contribution in [0.25, 0.3) is 0 Å². The molecule has 2 amide bonds. The second-order valence-electron chi connectivity index (χ2n) is 5.96. The molecule has 0 heterocycles. The van der Waals surface area contributed by atoms with Gasteiger partial charge in [-0.1, -0.05) is 27.7 Å². The Bertz CT molecular complexity index is 268. The summed E-state index contributed by atoms with van der Waals surface area (Å²) in [6, 6.07) is 0.420. The van der Waals surface area contributed by atoms with Crippen molar-refractivity contribution in [3.63, 3.8) is 0 Å². The Balaban J connectivity index is 4.29. The van der Waals surface area contributed by atoms with Crippen molar-refractivity contribution < 1.29 is 9.53 Å². The predicted molar refractivity (Wildman–Crippen MR) is 88.7 cm³/mol. The largest absolute Gasteiger partial charge is 0.385 e. The van der Waals surface area contributed by atoms with E-state index in [-0.39, 0.29) is 6.03 Å². The number of carbonyl (C=O) groups excluding carboxylic acids is 1. The number of rotatable bonds is 11. The van der Waals surface area contributed by atoms with Crippen molar-refractivity contribution in [2.75, 3.05) is 46.9 Å². The molecule has 5 heteroatoms. The van der Waals surface area contributed by atoms with Crippen LogP contribution in [-0.4, -0.2) is 68.8 Å². The van der Waals surface area contributed by atoms with E-state index in [2.05, 4.69) is 37.9 Å². The van der Waals surface area contributed by atoms with Crippen LogP contribution in [0, 0.1) is 5.92 Å². The summed E-state index contributed by atoms with van der Waals surface area (Å²) in [7, 11) is 3.51. The summed E-state index contributed by atoms with van der Waals surface area (Å²) >= 11 is 0. The highest BCUT2D eigenvalue weighted by atomic mass is 16.5. The molecule has 0 aliphatic heterocycles. The average molecular weight is 301 g/mol. The molecule has 0 aromatic heterocycles. The monoisotopic (exact) mass is 301 g/mol. The topological polar surface area (TPSA) is 44.8 Å². The Kier molecular flexibility index (Phi) is 11.4. The number of urea groups is 1. The molecule has 1 N–H and O–H groups in total. The molecule has 0 aliphatic carbocycles. The Morgan fingerprint density at radius 2 is 1.86 bits per heavy atom. The van der Waals surface area contributed by atoms with Gasteiger partial charge in [0.1, 0.15) is 0 Å². The quantitative estimate of drug-likeness (QED) is 0.596. The Morgan fingerprint density at radius 1 is 1.24 bits per heavy atom. The van der Waals surface area contributed by atoms with Crippen molar-refractivity contribution in [1.82, 2.24) is 15.1 Å². The number of ether oxygens (including phenoxy) is 1. The van der Waals surface area contributed by atoms with Crippen LogP contribution in [0.15, 0.2) is 0 Å². The first-order valence-corrected chi connectivity index (χ1v) is 8.18. The van der Waals surface area contributed by atoms with Crippen LogP contribution in [0.4, 0.5) is 4.79 Å². The molecule has 0 fully saturated rings. The van der Waals surface area contributed by atoms with Crippen molar-refractivity contribution in [1.29, 1.82) is 0 Å². The van der Waals surface area contributed by atoms with E-state index in [4.69, 9.17) is 4.74 Å². The maximum atomic E-state index is 12.1. The zero-order chi connectivity index (χ0) is 16.3. The van der Waals surface area contributed by atoms with Crippen LogP contribution in [0.2, 0.25) is 0 Å². The molecule has 0 saturated carbocycles. The summed E-state index contributed by atoms with van der Waals surface area (Å²) in [5.41, 5.74) is 0. The molecule has 1 atom stereocenters. The third-order valence-corrected chi connectivity index (χ3v) is 3.75. The number of carbonyl (C=O) groups is 1. The van der Waals surface area contributed by atoms with Crippen LogP contribution in [0.5, 0.6) is 0 Å². The number of amides is 2. The molecule has 0 aromatic carbocycles. The van der Waals surface area contributed by atoms with Crippen molar-refractivity contribution in [2.45, 2.75) is 46.6 Å². The lowest BCUT2D eigenvalue weighted by Gasteiger charge is -2.31. The summed E-state index contributed by atoms with van der Waals surface area (Å²) < 4.78 is 5.01. The fourth-order valence-corrected chi connectivity index (χ4v) is 2.53. The van der Waals surface area contributed by atoms with Crippen LogP contribution in [0.1, 0.15) is 40.5 Å². The number of nitrogens with zero attached hydrogens (tertiary/aromatic N) is 2. The number of methoxy groups -OCH3 is 1. The summed E-state index contributed by atoms with van der Waals surface area (Å²) in [5, 5.41) is 3.07. The van der Waals surface area contributed by atoms with Crippen LogP contribution < -0.4 is 5.32 Å². The van der Waals surface area contributed by atoms with Gasteiger partial charge in [0.25, 0.3) is 0 Å². The highest BCUT2D eigenvalue weighted by molar-refractivity contribution is 5.73. The maximum absolute atomic E-state index is 12.1. The predicted octanol–water partition coefficient (Wildman–Crippen LogP) is 2.42. The molecule has 0 aliphatic rings. The van der Waals surface area contributed by atoms with Crippen molar-refractivity contribution in [3.05, 3.63) is 0 Å². The second kappa shape index (κ2) is 11.8. The molecule has 5 nitrogen and oxygen atoms in total. The summed E-state index contributed by atoms with van der Waals surface area (Å²) in [6.45, 7) is 13.0. The lowest BCUT2D eigenvalue weighted by Crippen LogP contribution is -2.47. The van der Waals surface area contributed by atoms with Gasteiger partial charge in [0.2, 0.25) is 0 Å². The number of nitrogens with one attached hydrogen (secondary N) is 1. The van der Waals surface area contributed by atoms with E-state index >= 15 is 0 Å². The first-order valence-electron chi connectivity index (χ1n) is 8.18. The first kappa shape index (κ1) is 20.2. The van der Waals surface area contributed by atoms with Crippen molar-refractivity contribution in [3.8, 4) is 0 Å². The fourth-order valence-electron chi connectivity index (χ4n) is 2.53. The summed E-state index contributed by atoms with van der Waals surface area (Å²) in [4.78, 5) is 16.2. The third-order valence-electron chi connectivity index (χ3n) is 3.75. The zero-order valence-corrected chi connectivity index (χ0v) is 14.8. The maximum Gasteiger partial charge on any atom is 0.317 e. The van der Waals surface area contributed by atoms with Gasteiger partial charge in [0.05, 0.1) is 0 Å². The summed E-state index contributed by atoms with van der Waals surface area (Å²) in [6.07, 6.45) is 1.97. The second-order valence-corrected chi connectivity index (χ2v) is 5.96. The van der Waals surface area contributed by atoms with Crippen LogP contribution in [-0.2, 0) is 4.74 Å². The summed E-state index contributed by atoms with van der Waals surface area (Å²) in [5.74, 6) is 0.631. The van der Waals surface area contributed by atoms with E-state index in [1.54, 1.807) is 12.0 Å². The Labute approximate surface area is 131 Å². The Morgan fingerprint density at radius 3 is 2.33 bits per heavy atom. The highest BCUT2D eigenvalue weighted by Crippen LogP contribution is 2.11. The smallest absolute Gasteiger partial charge is 0.317 e.